The Balaban J connectivity index is 1.35. The molecule has 0 N–H and O–H groups in total. The fraction of sp³-hybridized carbons (Fsp3) is 0.562. The number of unbranched alkanes of at least 4 members (excludes halogenated alkanes) is 7. The molecule has 0 aromatic heterocycles. The van der Waals surface area contributed by atoms with E-state index >= 15 is 0 Å². The minimum Gasteiger partial charge on any atom is -0.494 e. The third kappa shape index (κ3) is 9.29. The van der Waals surface area contributed by atoms with E-state index in [0.29, 0.717) is 12.5 Å². The first-order valence-corrected chi connectivity index (χ1v) is 13.6. The molecule has 1 nitrogen and oxygen atoms in total. The van der Waals surface area contributed by atoms with E-state index in [1.54, 1.807) is 0 Å². The van der Waals surface area contributed by atoms with Gasteiger partial charge in [-0.2, -0.15) is 0 Å². The highest BCUT2D eigenvalue weighted by atomic mass is 16.5. The van der Waals surface area contributed by atoms with Gasteiger partial charge in [0.1, 0.15) is 5.75 Å². The Morgan fingerprint density at radius 1 is 0.697 bits per heavy atom. The van der Waals surface area contributed by atoms with Gasteiger partial charge in [0.05, 0.1) is 6.61 Å². The third-order valence-electron chi connectivity index (χ3n) is 7.12. The average molecular weight is 445 g/mol. The van der Waals surface area contributed by atoms with Crippen LogP contribution in [0.5, 0.6) is 5.75 Å². The summed E-state index contributed by atoms with van der Waals surface area (Å²) in [5, 5.41) is 0. The van der Waals surface area contributed by atoms with Crippen LogP contribution in [0.4, 0.5) is 0 Å². The molecule has 0 bridgehead atoms. The number of rotatable bonds is 12. The summed E-state index contributed by atoms with van der Waals surface area (Å²) in [6, 6.07) is 17.0. The zero-order valence-electron chi connectivity index (χ0n) is 21.1. The van der Waals surface area contributed by atoms with Crippen molar-refractivity contribution in [3.63, 3.8) is 0 Å². The SMILES string of the molecule is CCCCCCCCCC[C@H]1CC[C@H](C#Cc2ccc(-c3ccc(OCC)cc3)cc2)CC1. The third-order valence-corrected chi connectivity index (χ3v) is 7.12. The molecule has 0 aliphatic heterocycles. The van der Waals surface area contributed by atoms with E-state index in [1.165, 1.54) is 94.6 Å². The van der Waals surface area contributed by atoms with Crippen LogP contribution in [0.3, 0.4) is 0 Å². The first-order chi connectivity index (χ1) is 16.3. The second-order valence-corrected chi connectivity index (χ2v) is 9.79. The van der Waals surface area contributed by atoms with Gasteiger partial charge >= 0.3 is 0 Å². The van der Waals surface area contributed by atoms with Gasteiger partial charge in [0.25, 0.3) is 0 Å². The largest absolute Gasteiger partial charge is 0.494 e. The van der Waals surface area contributed by atoms with Crippen molar-refractivity contribution < 1.29 is 4.74 Å². The standard InChI is InChI=1S/C32H44O/c1-3-5-6-7-8-9-10-11-12-27-13-15-28(16-14-27)17-18-29-19-21-30(22-20-29)31-23-25-32(26-24-31)33-4-2/h19-28H,3-16H2,1-2H3/t27-,28-. The highest BCUT2D eigenvalue weighted by Gasteiger charge is 2.19. The van der Waals surface area contributed by atoms with Gasteiger partial charge in [-0.15, -0.1) is 0 Å². The van der Waals surface area contributed by atoms with Crippen LogP contribution in [-0.2, 0) is 0 Å². The first-order valence-electron chi connectivity index (χ1n) is 13.6. The number of ether oxygens (including phenoxy) is 1. The predicted molar refractivity (Wildman–Crippen MR) is 143 cm³/mol. The minimum atomic E-state index is 0.589. The summed E-state index contributed by atoms with van der Waals surface area (Å²) in [5.41, 5.74) is 3.57. The Labute approximate surface area is 203 Å². The molecule has 1 aliphatic rings. The molecular formula is C32H44O. The lowest BCUT2D eigenvalue weighted by molar-refractivity contribution is 0.293. The van der Waals surface area contributed by atoms with Gasteiger partial charge in [-0.25, -0.2) is 0 Å². The summed E-state index contributed by atoms with van der Waals surface area (Å²) in [6.07, 6.45) is 18.2. The Hall–Kier alpha value is -2.20. The maximum atomic E-state index is 5.54. The normalized spacial score (nSPS) is 17.9. The summed E-state index contributed by atoms with van der Waals surface area (Å²) in [7, 11) is 0. The molecule has 33 heavy (non-hydrogen) atoms. The molecule has 0 atom stereocenters. The van der Waals surface area contributed by atoms with E-state index in [2.05, 4.69) is 55.2 Å². The van der Waals surface area contributed by atoms with Crippen LogP contribution >= 0.6 is 0 Å². The van der Waals surface area contributed by atoms with Crippen molar-refractivity contribution >= 4 is 0 Å². The minimum absolute atomic E-state index is 0.589. The van der Waals surface area contributed by atoms with E-state index in [0.717, 1.165) is 17.2 Å². The van der Waals surface area contributed by atoms with Crippen LogP contribution < -0.4 is 4.74 Å². The van der Waals surface area contributed by atoms with E-state index < -0.39 is 0 Å². The predicted octanol–water partition coefficient (Wildman–Crippen LogP) is 9.44. The average Bonchev–Trinajstić information content (AvgIpc) is 2.86. The summed E-state index contributed by atoms with van der Waals surface area (Å²) in [4.78, 5) is 0. The Kier molecular flexibility index (Phi) is 11.4. The van der Waals surface area contributed by atoms with Gasteiger partial charge in [0, 0.05) is 11.5 Å². The molecule has 0 saturated heterocycles. The number of benzene rings is 2. The molecule has 2 aromatic rings. The van der Waals surface area contributed by atoms with Gasteiger partial charge in [0.15, 0.2) is 0 Å². The van der Waals surface area contributed by atoms with E-state index in [1.807, 2.05) is 19.1 Å². The van der Waals surface area contributed by atoms with Crippen molar-refractivity contribution in [2.75, 3.05) is 6.61 Å². The summed E-state index contributed by atoms with van der Waals surface area (Å²) in [6.45, 7) is 5.01. The molecule has 1 aliphatic carbocycles. The summed E-state index contributed by atoms with van der Waals surface area (Å²) < 4.78 is 5.54. The van der Waals surface area contributed by atoms with Crippen LogP contribution in [0.2, 0.25) is 0 Å². The first kappa shape index (κ1) is 25.4. The fourth-order valence-electron chi connectivity index (χ4n) is 5.00. The zero-order chi connectivity index (χ0) is 23.1. The van der Waals surface area contributed by atoms with Crippen LogP contribution in [0.15, 0.2) is 48.5 Å². The van der Waals surface area contributed by atoms with E-state index in [4.69, 9.17) is 4.74 Å². The molecule has 1 heteroatoms. The van der Waals surface area contributed by atoms with Gasteiger partial charge < -0.3 is 4.74 Å². The lowest BCUT2D eigenvalue weighted by Crippen LogP contribution is -2.13. The Morgan fingerprint density at radius 3 is 1.88 bits per heavy atom. The van der Waals surface area contributed by atoms with Gasteiger partial charge in [-0.05, 0) is 73.9 Å². The molecule has 2 aromatic carbocycles. The van der Waals surface area contributed by atoms with Gasteiger partial charge in [-0.3, -0.25) is 0 Å². The van der Waals surface area contributed by atoms with Crippen molar-refractivity contribution in [1.29, 1.82) is 0 Å². The molecule has 178 valence electrons. The Bertz CT molecular complexity index is 829. The smallest absolute Gasteiger partial charge is 0.119 e. The topological polar surface area (TPSA) is 9.23 Å². The number of hydrogen-bond acceptors (Lipinski definition) is 1. The quantitative estimate of drug-likeness (QED) is 0.234. The van der Waals surface area contributed by atoms with Crippen LogP contribution in [0.25, 0.3) is 11.1 Å². The Morgan fingerprint density at radius 2 is 1.27 bits per heavy atom. The highest BCUT2D eigenvalue weighted by molar-refractivity contribution is 5.65. The monoisotopic (exact) mass is 444 g/mol. The highest BCUT2D eigenvalue weighted by Crippen LogP contribution is 2.32. The van der Waals surface area contributed by atoms with Crippen molar-refractivity contribution in [1.82, 2.24) is 0 Å². The molecule has 0 spiro atoms. The van der Waals surface area contributed by atoms with E-state index in [-0.39, 0.29) is 0 Å². The molecule has 0 unspecified atom stereocenters. The lowest BCUT2D eigenvalue weighted by Gasteiger charge is -2.25. The van der Waals surface area contributed by atoms with E-state index in [9.17, 15) is 0 Å². The number of hydrogen-bond donors (Lipinski definition) is 0. The van der Waals surface area contributed by atoms with Crippen molar-refractivity contribution in [3.05, 3.63) is 54.1 Å². The van der Waals surface area contributed by atoms with Gasteiger partial charge in [0.2, 0.25) is 0 Å². The maximum absolute atomic E-state index is 5.54. The molecule has 3 rings (SSSR count). The maximum Gasteiger partial charge on any atom is 0.119 e. The van der Waals surface area contributed by atoms with Crippen LogP contribution in [-0.4, -0.2) is 6.61 Å². The molecule has 0 amide bonds. The second-order valence-electron chi connectivity index (χ2n) is 9.79. The summed E-state index contributed by atoms with van der Waals surface area (Å²) in [5.74, 6) is 9.49. The van der Waals surface area contributed by atoms with Gasteiger partial charge in [-0.1, -0.05) is 101 Å². The molecule has 1 fully saturated rings. The molecule has 1 saturated carbocycles. The molecular weight excluding hydrogens is 400 g/mol. The van der Waals surface area contributed by atoms with Crippen LogP contribution in [0, 0.1) is 23.7 Å². The van der Waals surface area contributed by atoms with Crippen LogP contribution in [0.1, 0.15) is 103 Å². The van der Waals surface area contributed by atoms with Crippen molar-refractivity contribution in [2.45, 2.75) is 97.3 Å². The second kappa shape index (κ2) is 14.8. The van der Waals surface area contributed by atoms with Crippen molar-refractivity contribution in [3.8, 4) is 28.7 Å². The fourth-order valence-corrected chi connectivity index (χ4v) is 5.00. The lowest BCUT2D eigenvalue weighted by atomic mass is 9.80. The molecule has 0 heterocycles. The molecule has 0 radical (unpaired) electrons. The van der Waals surface area contributed by atoms with Crippen molar-refractivity contribution in [2.24, 2.45) is 11.8 Å². The summed E-state index contributed by atoms with van der Waals surface area (Å²) >= 11 is 0. The zero-order valence-corrected chi connectivity index (χ0v) is 21.1.